The lowest BCUT2D eigenvalue weighted by Crippen LogP contribution is -2.07. The van der Waals surface area contributed by atoms with Crippen LogP contribution in [0.3, 0.4) is 0 Å². The first kappa shape index (κ1) is 12.6. The molecular weight excluding hydrogens is 250 g/mol. The van der Waals surface area contributed by atoms with Crippen LogP contribution in [-0.2, 0) is 6.42 Å². The summed E-state index contributed by atoms with van der Waals surface area (Å²) in [5.41, 5.74) is 4.41. The quantitative estimate of drug-likeness (QED) is 0.792. The molecule has 0 spiro atoms. The zero-order valence-corrected chi connectivity index (χ0v) is 11.9. The Hall–Kier alpha value is -2.43. The predicted octanol–water partition coefficient (Wildman–Crippen LogP) is 3.05. The first-order valence-electron chi connectivity index (χ1n) is 6.72. The number of anilines is 2. The third-order valence-electron chi connectivity index (χ3n) is 3.56. The maximum atomic E-state index is 4.43. The van der Waals surface area contributed by atoms with Crippen LogP contribution in [0.5, 0.6) is 0 Å². The van der Waals surface area contributed by atoms with Crippen LogP contribution >= 0.6 is 0 Å². The first-order valence-corrected chi connectivity index (χ1v) is 6.72. The molecule has 0 bridgehead atoms. The summed E-state index contributed by atoms with van der Waals surface area (Å²) in [6.45, 7) is 6.18. The molecule has 0 aliphatic rings. The Morgan fingerprint density at radius 3 is 2.80 bits per heavy atom. The van der Waals surface area contributed by atoms with Crippen molar-refractivity contribution in [3.8, 4) is 0 Å². The molecule has 102 valence electrons. The van der Waals surface area contributed by atoms with Crippen molar-refractivity contribution in [3.05, 3.63) is 47.4 Å². The fraction of sp³-hybridized carbons (Fsp3) is 0.267. The third-order valence-corrected chi connectivity index (χ3v) is 3.56. The molecule has 1 aromatic carbocycles. The minimum atomic E-state index is 0.615. The van der Waals surface area contributed by atoms with Gasteiger partial charge in [0.1, 0.15) is 12.1 Å². The summed E-state index contributed by atoms with van der Waals surface area (Å²) in [5, 5.41) is 7.73. The topological polar surface area (TPSA) is 55.1 Å². The summed E-state index contributed by atoms with van der Waals surface area (Å²) in [5.74, 6) is 1.54. The van der Waals surface area contributed by atoms with Gasteiger partial charge in [0.25, 0.3) is 5.78 Å². The van der Waals surface area contributed by atoms with E-state index >= 15 is 0 Å². The molecule has 0 saturated heterocycles. The van der Waals surface area contributed by atoms with E-state index in [2.05, 4.69) is 45.5 Å². The maximum absolute atomic E-state index is 4.43. The summed E-state index contributed by atoms with van der Waals surface area (Å²) in [6, 6.07) is 8.30. The molecule has 0 saturated carbocycles. The summed E-state index contributed by atoms with van der Waals surface area (Å²) >= 11 is 0. The van der Waals surface area contributed by atoms with Crippen LogP contribution in [0.4, 0.5) is 11.5 Å². The number of aromatic nitrogens is 4. The molecule has 0 aliphatic carbocycles. The Kier molecular flexibility index (Phi) is 3.10. The van der Waals surface area contributed by atoms with E-state index in [0.29, 0.717) is 5.78 Å². The van der Waals surface area contributed by atoms with Gasteiger partial charge in [-0.3, -0.25) is 0 Å². The van der Waals surface area contributed by atoms with Gasteiger partial charge in [-0.2, -0.15) is 14.6 Å². The number of hydrogen-bond donors (Lipinski definition) is 1. The number of hydrogen-bond acceptors (Lipinski definition) is 4. The molecule has 0 fully saturated rings. The lowest BCUT2D eigenvalue weighted by Gasteiger charge is -2.14. The number of nitrogens with one attached hydrogen (secondary N) is 1. The Labute approximate surface area is 117 Å². The zero-order chi connectivity index (χ0) is 14.1. The molecule has 0 radical (unpaired) electrons. The van der Waals surface area contributed by atoms with Gasteiger partial charge in [-0.15, -0.1) is 0 Å². The fourth-order valence-corrected chi connectivity index (χ4v) is 2.26. The molecule has 20 heavy (non-hydrogen) atoms. The molecule has 0 aliphatic heterocycles. The van der Waals surface area contributed by atoms with E-state index in [0.717, 1.165) is 29.2 Å². The van der Waals surface area contributed by atoms with Crippen LogP contribution in [0.15, 0.2) is 30.6 Å². The fourth-order valence-electron chi connectivity index (χ4n) is 2.26. The van der Waals surface area contributed by atoms with E-state index in [-0.39, 0.29) is 0 Å². The summed E-state index contributed by atoms with van der Waals surface area (Å²) in [4.78, 5) is 8.60. The summed E-state index contributed by atoms with van der Waals surface area (Å²) < 4.78 is 1.74. The van der Waals surface area contributed by atoms with E-state index in [1.807, 2.05) is 19.9 Å². The van der Waals surface area contributed by atoms with Crippen molar-refractivity contribution in [2.24, 2.45) is 0 Å². The highest BCUT2D eigenvalue weighted by Crippen LogP contribution is 2.25. The first-order chi connectivity index (χ1) is 9.70. The predicted molar refractivity (Wildman–Crippen MR) is 79.4 cm³/mol. The second-order valence-electron chi connectivity index (χ2n) is 4.78. The van der Waals surface area contributed by atoms with Crippen LogP contribution < -0.4 is 5.32 Å². The number of para-hydroxylation sites is 1. The number of rotatable bonds is 3. The van der Waals surface area contributed by atoms with Crippen molar-refractivity contribution >= 4 is 17.3 Å². The highest BCUT2D eigenvalue weighted by atomic mass is 15.4. The van der Waals surface area contributed by atoms with Gasteiger partial charge in [0, 0.05) is 16.9 Å². The normalized spacial score (nSPS) is 10.9. The number of benzene rings is 1. The van der Waals surface area contributed by atoms with Gasteiger partial charge in [0.05, 0.1) is 0 Å². The van der Waals surface area contributed by atoms with Gasteiger partial charge in [-0.25, -0.2) is 4.98 Å². The van der Waals surface area contributed by atoms with Crippen molar-refractivity contribution in [2.45, 2.75) is 27.2 Å². The second kappa shape index (κ2) is 4.92. The van der Waals surface area contributed by atoms with Crippen LogP contribution in [0.2, 0.25) is 0 Å². The SMILES string of the molecule is CCc1ccccc1Nc1c(C)c(C)nc2ncnn12. The van der Waals surface area contributed by atoms with Gasteiger partial charge >= 0.3 is 0 Å². The third kappa shape index (κ3) is 2.01. The molecule has 1 N–H and O–H groups in total. The largest absolute Gasteiger partial charge is 0.340 e. The summed E-state index contributed by atoms with van der Waals surface area (Å²) in [7, 11) is 0. The van der Waals surface area contributed by atoms with Gasteiger partial charge in [0.2, 0.25) is 0 Å². The van der Waals surface area contributed by atoms with E-state index in [1.165, 1.54) is 11.9 Å². The van der Waals surface area contributed by atoms with Crippen molar-refractivity contribution in [1.29, 1.82) is 0 Å². The Balaban J connectivity index is 2.15. The maximum Gasteiger partial charge on any atom is 0.254 e. The van der Waals surface area contributed by atoms with Crippen LogP contribution in [0, 0.1) is 13.8 Å². The Morgan fingerprint density at radius 2 is 2.00 bits per heavy atom. The highest BCUT2D eigenvalue weighted by Gasteiger charge is 2.12. The lowest BCUT2D eigenvalue weighted by molar-refractivity contribution is 0.922. The van der Waals surface area contributed by atoms with Crippen molar-refractivity contribution in [3.63, 3.8) is 0 Å². The molecule has 0 amide bonds. The Bertz CT molecular complexity index is 760. The van der Waals surface area contributed by atoms with Crippen molar-refractivity contribution in [2.75, 3.05) is 5.32 Å². The monoisotopic (exact) mass is 267 g/mol. The van der Waals surface area contributed by atoms with Gasteiger partial charge in [-0.05, 0) is 31.9 Å². The number of fused-ring (bicyclic) bond motifs is 1. The minimum Gasteiger partial charge on any atom is -0.340 e. The second-order valence-corrected chi connectivity index (χ2v) is 4.78. The molecule has 5 nitrogen and oxygen atoms in total. The van der Waals surface area contributed by atoms with Crippen molar-refractivity contribution < 1.29 is 0 Å². The average molecular weight is 267 g/mol. The molecule has 3 rings (SSSR count). The van der Waals surface area contributed by atoms with Crippen LogP contribution in [0.1, 0.15) is 23.7 Å². The summed E-state index contributed by atoms with van der Waals surface area (Å²) in [6.07, 6.45) is 2.50. The molecule has 3 aromatic rings. The van der Waals surface area contributed by atoms with Crippen LogP contribution in [0.25, 0.3) is 5.78 Å². The molecule has 2 aromatic heterocycles. The average Bonchev–Trinajstić information content (AvgIpc) is 2.92. The molecule has 0 unspecified atom stereocenters. The Morgan fingerprint density at radius 1 is 1.20 bits per heavy atom. The van der Waals surface area contributed by atoms with Gasteiger partial charge < -0.3 is 5.32 Å². The number of aryl methyl sites for hydroxylation is 2. The minimum absolute atomic E-state index is 0.615. The van der Waals surface area contributed by atoms with E-state index < -0.39 is 0 Å². The van der Waals surface area contributed by atoms with Crippen molar-refractivity contribution in [1.82, 2.24) is 19.6 Å². The van der Waals surface area contributed by atoms with Crippen LogP contribution in [-0.4, -0.2) is 19.6 Å². The smallest absolute Gasteiger partial charge is 0.254 e. The lowest BCUT2D eigenvalue weighted by atomic mass is 10.1. The zero-order valence-electron chi connectivity index (χ0n) is 11.9. The molecule has 5 heteroatoms. The highest BCUT2D eigenvalue weighted by molar-refractivity contribution is 5.65. The standard InChI is InChI=1S/C15H17N5/c1-4-12-7-5-6-8-13(12)19-14-10(2)11(3)18-15-16-9-17-20(14)15/h5-9,19H,4H2,1-3H3. The van der Waals surface area contributed by atoms with E-state index in [4.69, 9.17) is 0 Å². The van der Waals surface area contributed by atoms with E-state index in [9.17, 15) is 0 Å². The molecule has 0 atom stereocenters. The molecular formula is C15H17N5. The number of nitrogens with zero attached hydrogens (tertiary/aromatic N) is 4. The van der Waals surface area contributed by atoms with E-state index in [1.54, 1.807) is 4.52 Å². The van der Waals surface area contributed by atoms with Gasteiger partial charge in [0.15, 0.2) is 0 Å². The molecule has 2 heterocycles. The van der Waals surface area contributed by atoms with Gasteiger partial charge in [-0.1, -0.05) is 25.1 Å².